The lowest BCUT2D eigenvalue weighted by Gasteiger charge is -2.37. The van der Waals surface area contributed by atoms with Crippen LogP contribution < -0.4 is 5.32 Å². The van der Waals surface area contributed by atoms with Crippen LogP contribution in [0, 0.1) is 11.7 Å². The van der Waals surface area contributed by atoms with Crippen LogP contribution in [0.5, 0.6) is 0 Å². The molecule has 5 rings (SSSR count). The molecule has 2 aromatic carbocycles. The van der Waals surface area contributed by atoms with Gasteiger partial charge in [0.2, 0.25) is 11.7 Å². The summed E-state index contributed by atoms with van der Waals surface area (Å²) < 4.78 is 31.6. The SMILES string of the molecule is CC1COC(CNC(=O)COCc2ccccc2)(c2nc(-c3ccc(F)cc3)c(-c3ccncc3)[nH]2)OC1. The molecule has 1 fully saturated rings. The predicted molar refractivity (Wildman–Crippen MR) is 139 cm³/mol. The van der Waals surface area contributed by atoms with Gasteiger partial charge in [0.1, 0.15) is 12.4 Å². The number of nitrogens with zero attached hydrogens (tertiary/aromatic N) is 2. The minimum Gasteiger partial charge on any atom is -0.367 e. The Labute approximate surface area is 220 Å². The van der Waals surface area contributed by atoms with E-state index in [2.05, 4.69) is 15.3 Å². The molecular weight excluding hydrogens is 487 g/mol. The van der Waals surface area contributed by atoms with E-state index >= 15 is 0 Å². The van der Waals surface area contributed by atoms with Gasteiger partial charge in [-0.25, -0.2) is 9.37 Å². The summed E-state index contributed by atoms with van der Waals surface area (Å²) >= 11 is 0. The summed E-state index contributed by atoms with van der Waals surface area (Å²) in [6.45, 7) is 3.13. The van der Waals surface area contributed by atoms with Crippen LogP contribution in [-0.4, -0.2) is 47.2 Å². The van der Waals surface area contributed by atoms with E-state index in [1.54, 1.807) is 24.5 Å². The number of carbonyl (C=O) groups is 1. The van der Waals surface area contributed by atoms with Crippen molar-refractivity contribution in [3.05, 3.63) is 96.3 Å². The van der Waals surface area contributed by atoms with Crippen molar-refractivity contribution in [2.24, 2.45) is 5.92 Å². The fourth-order valence-corrected chi connectivity index (χ4v) is 4.17. The van der Waals surface area contributed by atoms with E-state index in [0.717, 1.165) is 16.7 Å². The molecule has 2 N–H and O–H groups in total. The van der Waals surface area contributed by atoms with E-state index in [9.17, 15) is 9.18 Å². The molecule has 9 heteroatoms. The monoisotopic (exact) mass is 516 g/mol. The lowest BCUT2D eigenvalue weighted by Crippen LogP contribution is -2.50. The number of imidazole rings is 1. The summed E-state index contributed by atoms with van der Waals surface area (Å²) in [6.07, 6.45) is 3.37. The largest absolute Gasteiger partial charge is 0.367 e. The van der Waals surface area contributed by atoms with Crippen molar-refractivity contribution >= 4 is 5.91 Å². The number of aromatic amines is 1. The maximum atomic E-state index is 13.7. The van der Waals surface area contributed by atoms with E-state index in [0.29, 0.717) is 37.0 Å². The molecule has 0 aliphatic carbocycles. The van der Waals surface area contributed by atoms with E-state index < -0.39 is 5.79 Å². The molecule has 0 atom stereocenters. The first-order valence-electron chi connectivity index (χ1n) is 12.5. The van der Waals surface area contributed by atoms with Crippen molar-refractivity contribution in [2.45, 2.75) is 19.3 Å². The van der Waals surface area contributed by atoms with Gasteiger partial charge in [-0.3, -0.25) is 9.78 Å². The van der Waals surface area contributed by atoms with E-state index in [-0.39, 0.29) is 30.8 Å². The summed E-state index contributed by atoms with van der Waals surface area (Å²) in [5.74, 6) is -1.38. The molecular formula is C29H29FN4O4. The van der Waals surface area contributed by atoms with Crippen LogP contribution in [0.15, 0.2) is 79.1 Å². The van der Waals surface area contributed by atoms with Gasteiger partial charge in [-0.05, 0) is 42.0 Å². The third kappa shape index (κ3) is 5.96. The van der Waals surface area contributed by atoms with Crippen LogP contribution in [0.1, 0.15) is 18.3 Å². The minimum atomic E-state index is -1.33. The maximum absolute atomic E-state index is 13.7. The number of halogens is 1. The highest BCUT2D eigenvalue weighted by atomic mass is 19.1. The topological polar surface area (TPSA) is 98.4 Å². The third-order valence-corrected chi connectivity index (χ3v) is 6.22. The molecule has 196 valence electrons. The summed E-state index contributed by atoms with van der Waals surface area (Å²) in [4.78, 5) is 25.0. The fraction of sp³-hybridized carbons (Fsp3) is 0.276. The zero-order valence-corrected chi connectivity index (χ0v) is 21.0. The second kappa shape index (κ2) is 11.6. The van der Waals surface area contributed by atoms with Crippen molar-refractivity contribution in [1.82, 2.24) is 20.3 Å². The third-order valence-electron chi connectivity index (χ3n) is 6.22. The van der Waals surface area contributed by atoms with Crippen LogP contribution in [0.2, 0.25) is 0 Å². The first-order valence-corrected chi connectivity index (χ1v) is 12.5. The molecule has 0 radical (unpaired) electrons. The first kappa shape index (κ1) is 25.7. The Morgan fingerprint density at radius 3 is 2.47 bits per heavy atom. The molecule has 8 nitrogen and oxygen atoms in total. The Morgan fingerprint density at radius 1 is 1.05 bits per heavy atom. The quantitative estimate of drug-likeness (QED) is 0.341. The first-order chi connectivity index (χ1) is 18.5. The number of amides is 1. The van der Waals surface area contributed by atoms with E-state index in [1.165, 1.54) is 12.1 Å². The van der Waals surface area contributed by atoms with Gasteiger partial charge in [0.15, 0.2) is 5.82 Å². The van der Waals surface area contributed by atoms with Gasteiger partial charge in [0.25, 0.3) is 0 Å². The van der Waals surface area contributed by atoms with Crippen LogP contribution >= 0.6 is 0 Å². The Balaban J connectivity index is 1.39. The molecule has 0 saturated carbocycles. The minimum absolute atomic E-state index is 0.0272. The average molecular weight is 517 g/mol. The van der Waals surface area contributed by atoms with Crippen LogP contribution in [0.4, 0.5) is 4.39 Å². The van der Waals surface area contributed by atoms with Gasteiger partial charge in [-0.2, -0.15) is 0 Å². The van der Waals surface area contributed by atoms with Gasteiger partial charge in [-0.15, -0.1) is 0 Å². The molecule has 1 saturated heterocycles. The standard InChI is InChI=1S/C29H29FN4O4/c1-20-15-37-29(38-16-20,19-32-25(35)18-36-17-21-5-3-2-4-6-21)28-33-26(22-7-9-24(30)10-8-22)27(34-28)23-11-13-31-14-12-23/h2-14,20H,15-19H2,1H3,(H,32,35)(H,33,34). The normalized spacial score (nSPS) is 19.3. The van der Waals surface area contributed by atoms with Crippen molar-refractivity contribution in [3.63, 3.8) is 0 Å². The Hall–Kier alpha value is -3.92. The molecule has 1 amide bonds. The average Bonchev–Trinajstić information content (AvgIpc) is 3.41. The second-order valence-electron chi connectivity index (χ2n) is 9.29. The predicted octanol–water partition coefficient (Wildman–Crippen LogP) is 4.45. The highest BCUT2D eigenvalue weighted by molar-refractivity contribution is 5.79. The number of carbonyl (C=O) groups excluding carboxylic acids is 1. The van der Waals surface area contributed by atoms with E-state index in [1.807, 2.05) is 49.4 Å². The summed E-state index contributed by atoms with van der Waals surface area (Å²) in [5, 5.41) is 2.88. The fourth-order valence-electron chi connectivity index (χ4n) is 4.17. The van der Waals surface area contributed by atoms with Gasteiger partial charge in [-0.1, -0.05) is 37.3 Å². The zero-order chi connectivity index (χ0) is 26.4. The molecule has 2 aromatic heterocycles. The lowest BCUT2D eigenvalue weighted by atomic mass is 10.1. The summed E-state index contributed by atoms with van der Waals surface area (Å²) in [7, 11) is 0. The van der Waals surface area contributed by atoms with Crippen molar-refractivity contribution in [1.29, 1.82) is 0 Å². The number of benzene rings is 2. The van der Waals surface area contributed by atoms with Crippen molar-refractivity contribution < 1.29 is 23.4 Å². The van der Waals surface area contributed by atoms with Crippen LogP contribution in [-0.2, 0) is 31.4 Å². The molecule has 3 heterocycles. The number of nitrogens with one attached hydrogen (secondary N) is 2. The molecule has 0 unspecified atom stereocenters. The van der Waals surface area contributed by atoms with E-state index in [4.69, 9.17) is 19.2 Å². The Morgan fingerprint density at radius 2 is 1.76 bits per heavy atom. The molecule has 0 spiro atoms. The Bertz CT molecular complexity index is 1340. The zero-order valence-electron chi connectivity index (χ0n) is 21.0. The Kier molecular flexibility index (Phi) is 7.88. The summed E-state index contributed by atoms with van der Waals surface area (Å²) in [6, 6.07) is 19.5. The molecule has 4 aromatic rings. The molecule has 1 aliphatic rings. The van der Waals surface area contributed by atoms with Crippen LogP contribution in [0.25, 0.3) is 22.5 Å². The number of hydrogen-bond donors (Lipinski definition) is 2. The second-order valence-corrected chi connectivity index (χ2v) is 9.29. The highest BCUT2D eigenvalue weighted by Crippen LogP contribution is 2.36. The number of rotatable bonds is 9. The van der Waals surface area contributed by atoms with Crippen molar-refractivity contribution in [3.8, 4) is 22.5 Å². The van der Waals surface area contributed by atoms with Gasteiger partial charge >= 0.3 is 0 Å². The molecule has 38 heavy (non-hydrogen) atoms. The highest BCUT2D eigenvalue weighted by Gasteiger charge is 2.42. The van der Waals surface area contributed by atoms with Gasteiger partial charge in [0, 0.05) is 29.4 Å². The number of ether oxygens (including phenoxy) is 3. The number of hydrogen-bond acceptors (Lipinski definition) is 6. The van der Waals surface area contributed by atoms with Crippen LogP contribution in [0.3, 0.4) is 0 Å². The number of pyridine rings is 1. The molecule has 0 bridgehead atoms. The smallest absolute Gasteiger partial charge is 0.246 e. The van der Waals surface area contributed by atoms with Gasteiger partial charge in [0.05, 0.1) is 37.8 Å². The number of aromatic nitrogens is 3. The maximum Gasteiger partial charge on any atom is 0.246 e. The van der Waals surface area contributed by atoms with Gasteiger partial charge < -0.3 is 24.5 Å². The number of H-pyrrole nitrogens is 1. The van der Waals surface area contributed by atoms with Crippen molar-refractivity contribution in [2.75, 3.05) is 26.4 Å². The summed E-state index contributed by atoms with van der Waals surface area (Å²) in [5.41, 5.74) is 3.86. The lowest BCUT2D eigenvalue weighted by molar-refractivity contribution is -0.290. The molecule has 1 aliphatic heterocycles.